The Morgan fingerprint density at radius 3 is 2.42 bits per heavy atom. The number of benzene rings is 1. The minimum atomic E-state index is -0.114. The Hall–Kier alpha value is -1.72. The van der Waals surface area contributed by atoms with Gasteiger partial charge in [-0.15, -0.1) is 0 Å². The molecule has 2 rings (SSSR count). The predicted octanol–water partition coefficient (Wildman–Crippen LogP) is -0.257. The maximum atomic E-state index is 12.1. The fraction of sp³-hybridized carbons (Fsp3) is 0.429. The highest BCUT2D eigenvalue weighted by molar-refractivity contribution is 5.97. The van der Waals surface area contributed by atoms with Crippen molar-refractivity contribution < 1.29 is 19.2 Å². The number of carbonyl (C=O) groups is 2. The van der Waals surface area contributed by atoms with Crippen LogP contribution in [0.3, 0.4) is 0 Å². The molecule has 0 radical (unpaired) electrons. The van der Waals surface area contributed by atoms with E-state index in [1.54, 1.807) is 24.3 Å². The standard InChI is InChI=1S/C14H18N2O3/c1-11(17)15-13-4-2-12(3-5-13)14(18)10-16-6-8-19-9-7-16/h2-5H,6-10H2,1H3,(H,15,17)/p+1. The summed E-state index contributed by atoms with van der Waals surface area (Å²) < 4.78 is 5.27. The lowest BCUT2D eigenvalue weighted by atomic mass is 10.1. The average Bonchev–Trinajstić information content (AvgIpc) is 2.40. The van der Waals surface area contributed by atoms with Gasteiger partial charge in [0.05, 0.1) is 13.2 Å². The van der Waals surface area contributed by atoms with Crippen LogP contribution < -0.4 is 10.2 Å². The van der Waals surface area contributed by atoms with Crippen LogP contribution in [0.5, 0.6) is 0 Å². The van der Waals surface area contributed by atoms with Crippen LogP contribution in [0.15, 0.2) is 24.3 Å². The van der Waals surface area contributed by atoms with Crippen LogP contribution in [0.25, 0.3) is 0 Å². The van der Waals surface area contributed by atoms with E-state index in [9.17, 15) is 9.59 Å². The first kappa shape index (κ1) is 13.7. The molecule has 2 N–H and O–H groups in total. The molecular weight excluding hydrogens is 244 g/mol. The van der Waals surface area contributed by atoms with E-state index in [0.717, 1.165) is 26.3 Å². The number of ketones is 1. The van der Waals surface area contributed by atoms with E-state index in [1.165, 1.54) is 11.8 Å². The van der Waals surface area contributed by atoms with E-state index in [0.29, 0.717) is 17.8 Å². The van der Waals surface area contributed by atoms with Gasteiger partial charge in [0, 0.05) is 18.2 Å². The SMILES string of the molecule is CC(=O)Nc1ccc(C(=O)C[NH+]2CCOCC2)cc1. The summed E-state index contributed by atoms with van der Waals surface area (Å²) in [4.78, 5) is 24.3. The van der Waals surface area contributed by atoms with E-state index in [4.69, 9.17) is 4.74 Å². The Kier molecular flexibility index (Phi) is 4.65. The summed E-state index contributed by atoms with van der Waals surface area (Å²) in [6.45, 7) is 5.18. The number of hydrogen-bond acceptors (Lipinski definition) is 3. The molecule has 5 nitrogen and oxygen atoms in total. The van der Waals surface area contributed by atoms with Gasteiger partial charge in [-0.1, -0.05) is 0 Å². The largest absolute Gasteiger partial charge is 0.370 e. The van der Waals surface area contributed by atoms with Gasteiger partial charge in [0.25, 0.3) is 0 Å². The van der Waals surface area contributed by atoms with Gasteiger partial charge in [0.1, 0.15) is 19.6 Å². The average molecular weight is 263 g/mol. The third kappa shape index (κ3) is 4.15. The first-order valence-corrected chi connectivity index (χ1v) is 6.47. The molecule has 0 spiro atoms. The second-order valence-corrected chi connectivity index (χ2v) is 4.72. The summed E-state index contributed by atoms with van der Waals surface area (Å²) in [7, 11) is 0. The Bertz CT molecular complexity index is 450. The molecule has 0 saturated carbocycles. The van der Waals surface area contributed by atoms with Gasteiger partial charge in [-0.25, -0.2) is 0 Å². The van der Waals surface area contributed by atoms with Crippen molar-refractivity contribution in [1.82, 2.24) is 0 Å². The van der Waals surface area contributed by atoms with Crippen LogP contribution in [0.4, 0.5) is 5.69 Å². The highest BCUT2D eigenvalue weighted by atomic mass is 16.5. The van der Waals surface area contributed by atoms with E-state index < -0.39 is 0 Å². The molecule has 1 aliphatic rings. The Morgan fingerprint density at radius 2 is 1.84 bits per heavy atom. The van der Waals surface area contributed by atoms with Crippen LogP contribution in [-0.4, -0.2) is 44.5 Å². The van der Waals surface area contributed by atoms with Crippen LogP contribution >= 0.6 is 0 Å². The van der Waals surface area contributed by atoms with Gasteiger partial charge in [-0.05, 0) is 24.3 Å². The molecule has 5 heteroatoms. The topological polar surface area (TPSA) is 59.8 Å². The number of quaternary nitrogens is 1. The zero-order chi connectivity index (χ0) is 13.7. The monoisotopic (exact) mass is 263 g/mol. The lowest BCUT2D eigenvalue weighted by molar-refractivity contribution is -0.899. The van der Waals surface area contributed by atoms with Gasteiger partial charge < -0.3 is 15.0 Å². The number of amides is 1. The molecule has 0 aromatic heterocycles. The van der Waals surface area contributed by atoms with Crippen LogP contribution in [0.1, 0.15) is 17.3 Å². The lowest BCUT2D eigenvalue weighted by Gasteiger charge is -2.22. The zero-order valence-electron chi connectivity index (χ0n) is 11.1. The fourth-order valence-electron chi connectivity index (χ4n) is 2.11. The van der Waals surface area contributed by atoms with Crippen molar-refractivity contribution in [1.29, 1.82) is 0 Å². The molecular formula is C14H19N2O3+. The normalized spacial score (nSPS) is 16.1. The minimum absolute atomic E-state index is 0.114. The zero-order valence-corrected chi connectivity index (χ0v) is 11.1. The maximum absolute atomic E-state index is 12.1. The summed E-state index contributed by atoms with van der Waals surface area (Å²) in [5.74, 6) is 0.0168. The summed E-state index contributed by atoms with van der Waals surface area (Å²) >= 11 is 0. The Balaban J connectivity index is 1.93. The van der Waals surface area contributed by atoms with Crippen molar-refractivity contribution in [3.63, 3.8) is 0 Å². The maximum Gasteiger partial charge on any atom is 0.221 e. The number of ether oxygens (including phenoxy) is 1. The fourth-order valence-corrected chi connectivity index (χ4v) is 2.11. The smallest absolute Gasteiger partial charge is 0.221 e. The van der Waals surface area contributed by atoms with Crippen LogP contribution in [-0.2, 0) is 9.53 Å². The number of rotatable bonds is 4. The summed E-state index contributed by atoms with van der Waals surface area (Å²) in [6, 6.07) is 7.02. The molecule has 1 aliphatic heterocycles. The highest BCUT2D eigenvalue weighted by Crippen LogP contribution is 2.09. The quantitative estimate of drug-likeness (QED) is 0.736. The third-order valence-electron chi connectivity index (χ3n) is 3.14. The van der Waals surface area contributed by atoms with Crippen molar-refractivity contribution in [2.45, 2.75) is 6.92 Å². The van der Waals surface area contributed by atoms with Crippen molar-refractivity contribution in [3.05, 3.63) is 29.8 Å². The van der Waals surface area contributed by atoms with Crippen molar-refractivity contribution in [3.8, 4) is 0 Å². The third-order valence-corrected chi connectivity index (χ3v) is 3.14. The van der Waals surface area contributed by atoms with Crippen molar-refractivity contribution in [2.75, 3.05) is 38.2 Å². The van der Waals surface area contributed by atoms with Crippen LogP contribution in [0, 0.1) is 0 Å². The van der Waals surface area contributed by atoms with Gasteiger partial charge in [0.15, 0.2) is 0 Å². The second-order valence-electron chi connectivity index (χ2n) is 4.72. The first-order chi connectivity index (χ1) is 9.15. The molecule has 0 bridgehead atoms. The molecule has 1 saturated heterocycles. The van der Waals surface area contributed by atoms with Gasteiger partial charge in [-0.3, -0.25) is 9.59 Å². The Labute approximate surface area is 112 Å². The van der Waals surface area contributed by atoms with Crippen molar-refractivity contribution in [2.24, 2.45) is 0 Å². The summed E-state index contributed by atoms with van der Waals surface area (Å²) in [5, 5.41) is 2.68. The first-order valence-electron chi connectivity index (χ1n) is 6.47. The van der Waals surface area contributed by atoms with E-state index in [-0.39, 0.29) is 11.7 Å². The molecule has 1 amide bonds. The van der Waals surface area contributed by atoms with Crippen LogP contribution in [0.2, 0.25) is 0 Å². The minimum Gasteiger partial charge on any atom is -0.370 e. The van der Waals surface area contributed by atoms with Crippen molar-refractivity contribution >= 4 is 17.4 Å². The molecule has 1 fully saturated rings. The van der Waals surface area contributed by atoms with Gasteiger partial charge in [0.2, 0.25) is 11.7 Å². The van der Waals surface area contributed by atoms with E-state index >= 15 is 0 Å². The highest BCUT2D eigenvalue weighted by Gasteiger charge is 2.18. The number of anilines is 1. The Morgan fingerprint density at radius 1 is 1.21 bits per heavy atom. The number of carbonyl (C=O) groups excluding carboxylic acids is 2. The van der Waals surface area contributed by atoms with E-state index in [2.05, 4.69) is 5.32 Å². The molecule has 102 valence electrons. The second kappa shape index (κ2) is 6.45. The summed E-state index contributed by atoms with van der Waals surface area (Å²) in [6.07, 6.45) is 0. The molecule has 0 unspecified atom stereocenters. The lowest BCUT2D eigenvalue weighted by Crippen LogP contribution is -3.14. The van der Waals surface area contributed by atoms with Gasteiger partial charge >= 0.3 is 0 Å². The number of Topliss-reactive ketones (excluding diaryl/α,β-unsaturated/α-hetero) is 1. The number of morpholine rings is 1. The number of nitrogens with one attached hydrogen (secondary N) is 2. The molecule has 1 heterocycles. The summed E-state index contributed by atoms with van der Waals surface area (Å²) in [5.41, 5.74) is 1.40. The van der Waals surface area contributed by atoms with Gasteiger partial charge in [-0.2, -0.15) is 0 Å². The van der Waals surface area contributed by atoms with E-state index in [1.807, 2.05) is 0 Å². The molecule has 0 atom stereocenters. The molecule has 1 aromatic carbocycles. The predicted molar refractivity (Wildman–Crippen MR) is 71.5 cm³/mol. The number of hydrogen-bond donors (Lipinski definition) is 2. The molecule has 0 aliphatic carbocycles. The molecule has 1 aromatic rings. The molecule has 19 heavy (non-hydrogen) atoms.